The molecule has 1 aliphatic heterocycles. The number of nitro groups is 1. The van der Waals surface area contributed by atoms with E-state index in [-0.39, 0.29) is 17.2 Å². The van der Waals surface area contributed by atoms with Gasteiger partial charge in [-0.25, -0.2) is 0 Å². The van der Waals surface area contributed by atoms with Crippen LogP contribution >= 0.6 is 0 Å². The molecule has 1 aliphatic rings. The summed E-state index contributed by atoms with van der Waals surface area (Å²) in [6.07, 6.45) is 3.01. The van der Waals surface area contributed by atoms with Gasteiger partial charge in [-0.05, 0) is 31.4 Å². The van der Waals surface area contributed by atoms with Gasteiger partial charge in [0.1, 0.15) is 11.3 Å². The Kier molecular flexibility index (Phi) is 3.99. The molecule has 1 aromatic rings. The quantitative estimate of drug-likeness (QED) is 0.620. The maximum atomic E-state index is 12.3. The largest absolute Gasteiger partial charge is 0.497 e. The fraction of sp³-hybridized carbons (Fsp3) is 0.462. The first-order valence-electron chi connectivity index (χ1n) is 6.25. The maximum Gasteiger partial charge on any atom is 0.285 e. The minimum absolute atomic E-state index is 0.132. The Morgan fingerprint density at radius 2 is 2.00 bits per heavy atom. The molecule has 1 fully saturated rings. The molecule has 6 nitrogen and oxygen atoms in total. The lowest BCUT2D eigenvalue weighted by molar-refractivity contribution is -0.385. The summed E-state index contributed by atoms with van der Waals surface area (Å²) in [5.74, 6) is 0.107. The van der Waals surface area contributed by atoms with Crippen molar-refractivity contribution < 1.29 is 14.5 Å². The maximum absolute atomic E-state index is 12.3. The molecule has 0 saturated carbocycles. The lowest BCUT2D eigenvalue weighted by Gasteiger charge is -2.26. The Labute approximate surface area is 111 Å². The van der Waals surface area contributed by atoms with Crippen LogP contribution in [0, 0.1) is 10.1 Å². The van der Waals surface area contributed by atoms with Gasteiger partial charge < -0.3 is 9.64 Å². The third kappa shape index (κ3) is 2.83. The van der Waals surface area contributed by atoms with Crippen molar-refractivity contribution in [2.24, 2.45) is 0 Å². The number of hydrogen-bond donors (Lipinski definition) is 0. The van der Waals surface area contributed by atoms with E-state index >= 15 is 0 Å². The zero-order valence-electron chi connectivity index (χ0n) is 10.8. The minimum atomic E-state index is -0.542. The highest BCUT2D eigenvalue weighted by atomic mass is 16.6. The molecule has 0 aromatic heterocycles. The molecular formula is C13H16N2O4. The van der Waals surface area contributed by atoms with Crippen molar-refractivity contribution in [2.75, 3.05) is 20.2 Å². The summed E-state index contributed by atoms with van der Waals surface area (Å²) in [6, 6.07) is 4.33. The van der Waals surface area contributed by atoms with Gasteiger partial charge in [-0.15, -0.1) is 0 Å². The molecule has 102 valence electrons. The number of nitrogens with zero attached hydrogens (tertiary/aromatic N) is 2. The fourth-order valence-electron chi connectivity index (χ4n) is 2.24. The van der Waals surface area contributed by atoms with Crippen molar-refractivity contribution in [2.45, 2.75) is 19.3 Å². The predicted molar refractivity (Wildman–Crippen MR) is 69.4 cm³/mol. The number of likely N-dealkylation sites (tertiary alicyclic amines) is 1. The molecule has 19 heavy (non-hydrogen) atoms. The van der Waals surface area contributed by atoms with Crippen molar-refractivity contribution in [1.82, 2.24) is 4.90 Å². The summed E-state index contributed by atoms with van der Waals surface area (Å²) in [5.41, 5.74) is -0.0670. The van der Waals surface area contributed by atoms with Gasteiger partial charge in [0.05, 0.1) is 18.1 Å². The summed E-state index contributed by atoms with van der Waals surface area (Å²) in [6.45, 7) is 1.34. The number of rotatable bonds is 3. The van der Waals surface area contributed by atoms with Crippen LogP contribution in [0.4, 0.5) is 5.69 Å². The Balaban J connectivity index is 2.32. The number of benzene rings is 1. The van der Waals surface area contributed by atoms with E-state index in [0.29, 0.717) is 18.8 Å². The molecule has 0 unspecified atom stereocenters. The molecule has 1 saturated heterocycles. The molecular weight excluding hydrogens is 248 g/mol. The van der Waals surface area contributed by atoms with E-state index in [1.165, 1.54) is 19.2 Å². The molecule has 2 rings (SSSR count). The Bertz CT molecular complexity index is 495. The predicted octanol–water partition coefficient (Wildman–Crippen LogP) is 2.23. The topological polar surface area (TPSA) is 72.7 Å². The Hall–Kier alpha value is -2.11. The van der Waals surface area contributed by atoms with Gasteiger partial charge in [-0.1, -0.05) is 0 Å². The molecule has 1 amide bonds. The Morgan fingerprint density at radius 3 is 2.58 bits per heavy atom. The van der Waals surface area contributed by atoms with Gasteiger partial charge in [-0.3, -0.25) is 14.9 Å². The third-order valence-corrected chi connectivity index (χ3v) is 3.28. The van der Waals surface area contributed by atoms with Crippen molar-refractivity contribution in [3.8, 4) is 5.75 Å². The second-order valence-corrected chi connectivity index (χ2v) is 4.49. The number of hydrogen-bond acceptors (Lipinski definition) is 4. The smallest absolute Gasteiger partial charge is 0.285 e. The van der Waals surface area contributed by atoms with Crippen LogP contribution in [-0.2, 0) is 0 Å². The highest BCUT2D eigenvalue weighted by Gasteiger charge is 2.26. The highest BCUT2D eigenvalue weighted by molar-refractivity contribution is 5.98. The van der Waals surface area contributed by atoms with E-state index in [2.05, 4.69) is 0 Å². The minimum Gasteiger partial charge on any atom is -0.497 e. The lowest BCUT2D eigenvalue weighted by Crippen LogP contribution is -2.35. The summed E-state index contributed by atoms with van der Waals surface area (Å²) < 4.78 is 4.96. The van der Waals surface area contributed by atoms with Crippen molar-refractivity contribution >= 4 is 11.6 Å². The van der Waals surface area contributed by atoms with Crippen LogP contribution in [-0.4, -0.2) is 35.9 Å². The van der Waals surface area contributed by atoms with Gasteiger partial charge in [0.15, 0.2) is 0 Å². The van der Waals surface area contributed by atoms with Crippen LogP contribution in [0.15, 0.2) is 18.2 Å². The second kappa shape index (κ2) is 5.69. The number of piperidine rings is 1. The number of ether oxygens (including phenoxy) is 1. The number of carbonyl (C=O) groups excluding carboxylic acids is 1. The summed E-state index contributed by atoms with van der Waals surface area (Å²) in [4.78, 5) is 24.5. The lowest BCUT2D eigenvalue weighted by atomic mass is 10.1. The summed E-state index contributed by atoms with van der Waals surface area (Å²) in [5, 5.41) is 11.1. The van der Waals surface area contributed by atoms with Crippen LogP contribution in [0.5, 0.6) is 5.75 Å². The van der Waals surface area contributed by atoms with Gasteiger partial charge in [0.2, 0.25) is 0 Å². The monoisotopic (exact) mass is 264 g/mol. The van der Waals surface area contributed by atoms with Crippen LogP contribution in [0.2, 0.25) is 0 Å². The first-order chi connectivity index (χ1) is 9.13. The molecule has 0 radical (unpaired) electrons. The highest BCUT2D eigenvalue weighted by Crippen LogP contribution is 2.26. The van der Waals surface area contributed by atoms with Gasteiger partial charge in [0.25, 0.3) is 11.6 Å². The van der Waals surface area contributed by atoms with Gasteiger partial charge in [-0.2, -0.15) is 0 Å². The average Bonchev–Trinajstić information content (AvgIpc) is 2.46. The second-order valence-electron chi connectivity index (χ2n) is 4.49. The number of nitro benzene ring substituents is 1. The van der Waals surface area contributed by atoms with Gasteiger partial charge >= 0.3 is 0 Å². The molecule has 0 aliphatic carbocycles. The van der Waals surface area contributed by atoms with E-state index < -0.39 is 4.92 Å². The van der Waals surface area contributed by atoms with Crippen LogP contribution in [0.25, 0.3) is 0 Å². The summed E-state index contributed by atoms with van der Waals surface area (Å²) >= 11 is 0. The van der Waals surface area contributed by atoms with E-state index in [4.69, 9.17) is 4.74 Å². The van der Waals surface area contributed by atoms with Crippen molar-refractivity contribution in [1.29, 1.82) is 0 Å². The zero-order valence-corrected chi connectivity index (χ0v) is 10.8. The molecule has 1 aromatic carbocycles. The fourth-order valence-corrected chi connectivity index (χ4v) is 2.24. The van der Waals surface area contributed by atoms with E-state index in [0.717, 1.165) is 19.3 Å². The molecule has 0 atom stereocenters. The normalized spacial score (nSPS) is 15.1. The third-order valence-electron chi connectivity index (χ3n) is 3.28. The molecule has 0 N–H and O–H groups in total. The van der Waals surface area contributed by atoms with Gasteiger partial charge in [0, 0.05) is 13.1 Å². The Morgan fingerprint density at radius 1 is 1.32 bits per heavy atom. The van der Waals surface area contributed by atoms with Crippen LogP contribution in [0.3, 0.4) is 0 Å². The van der Waals surface area contributed by atoms with E-state index in [1.807, 2.05) is 0 Å². The SMILES string of the molecule is COc1ccc(C(=O)N2CCCCC2)c([N+](=O)[O-])c1. The molecule has 1 heterocycles. The molecule has 0 spiro atoms. The average molecular weight is 264 g/mol. The first kappa shape index (κ1) is 13.3. The van der Waals surface area contributed by atoms with Crippen LogP contribution < -0.4 is 4.74 Å². The first-order valence-corrected chi connectivity index (χ1v) is 6.25. The zero-order chi connectivity index (χ0) is 13.8. The number of amides is 1. The summed E-state index contributed by atoms with van der Waals surface area (Å²) in [7, 11) is 1.44. The standard InChI is InChI=1S/C13H16N2O4/c1-19-10-5-6-11(12(9-10)15(17)18)13(16)14-7-3-2-4-8-14/h5-6,9H,2-4,7-8H2,1H3. The molecule has 0 bridgehead atoms. The van der Waals surface area contributed by atoms with Crippen molar-refractivity contribution in [3.63, 3.8) is 0 Å². The molecule has 6 heteroatoms. The van der Waals surface area contributed by atoms with E-state index in [9.17, 15) is 14.9 Å². The number of carbonyl (C=O) groups is 1. The van der Waals surface area contributed by atoms with Crippen LogP contribution in [0.1, 0.15) is 29.6 Å². The van der Waals surface area contributed by atoms with E-state index in [1.54, 1.807) is 11.0 Å². The van der Waals surface area contributed by atoms with Crippen molar-refractivity contribution in [3.05, 3.63) is 33.9 Å². The number of methoxy groups -OCH3 is 1.